The number of aliphatic imine (C=N–C) groups is 1. The summed E-state index contributed by atoms with van der Waals surface area (Å²) in [6.45, 7) is 5.78. The number of amides is 2. The topological polar surface area (TPSA) is 183 Å². The molecule has 0 radical (unpaired) electrons. The van der Waals surface area contributed by atoms with Crippen molar-refractivity contribution >= 4 is 29.3 Å². The fourth-order valence-electron chi connectivity index (χ4n) is 5.62. The molecule has 46 heavy (non-hydrogen) atoms. The molecule has 1 aliphatic heterocycles. The lowest BCUT2D eigenvalue weighted by Crippen LogP contribution is -2.48. The fraction of sp³-hybridized carbons (Fsp3) is 0.514. The highest BCUT2D eigenvalue weighted by molar-refractivity contribution is 5.95. The third-order valence-corrected chi connectivity index (χ3v) is 8.09. The zero-order valence-electron chi connectivity index (χ0n) is 27.1. The predicted molar refractivity (Wildman–Crippen MR) is 179 cm³/mol. The predicted octanol–water partition coefficient (Wildman–Crippen LogP) is 2.00. The van der Waals surface area contributed by atoms with E-state index in [2.05, 4.69) is 10.3 Å². The van der Waals surface area contributed by atoms with Crippen molar-refractivity contribution in [3.63, 3.8) is 0 Å². The van der Waals surface area contributed by atoms with Crippen molar-refractivity contribution in [3.8, 4) is 0 Å². The first-order valence-electron chi connectivity index (χ1n) is 16.1. The molecule has 0 aliphatic carbocycles. The number of carbonyl (C=O) groups is 4. The van der Waals surface area contributed by atoms with E-state index in [0.29, 0.717) is 52.0 Å². The van der Waals surface area contributed by atoms with E-state index < -0.39 is 29.8 Å². The van der Waals surface area contributed by atoms with Crippen molar-refractivity contribution in [2.24, 2.45) is 39.9 Å². The van der Waals surface area contributed by atoms with Crippen molar-refractivity contribution in [1.82, 2.24) is 10.2 Å². The molecule has 2 amide bonds. The van der Waals surface area contributed by atoms with Crippen molar-refractivity contribution < 1.29 is 23.9 Å². The fourth-order valence-corrected chi connectivity index (χ4v) is 5.62. The van der Waals surface area contributed by atoms with Gasteiger partial charge in [0, 0.05) is 38.5 Å². The Bertz CT molecular complexity index is 1290. The molecule has 0 saturated carbocycles. The largest absolute Gasteiger partial charge is 0.380 e. The standard InChI is InChI=1S/C35H50N6O5/c1-24(2)18-30(32(43)22-28(23-39-35(37)38)34(45)41-14-9-16-46-17-15-41)40-33(44)27(19-25-10-5-3-6-11-25)21-31(42)29(36)20-26-12-7-4-8-13-26/h3-8,10-13,24,27-30H,9,14-23,36H2,1-2H3,(H,40,44)(H4,37,38,39)/t27-,28+,29+,30+/m0/s1. The van der Waals surface area contributed by atoms with Gasteiger partial charge in [0.2, 0.25) is 11.8 Å². The van der Waals surface area contributed by atoms with Crippen LogP contribution in [-0.2, 0) is 36.8 Å². The van der Waals surface area contributed by atoms with Crippen molar-refractivity contribution in [2.45, 2.75) is 64.5 Å². The van der Waals surface area contributed by atoms with Gasteiger partial charge in [-0.1, -0.05) is 74.5 Å². The summed E-state index contributed by atoms with van der Waals surface area (Å²) in [5.74, 6) is -2.78. The van der Waals surface area contributed by atoms with Crippen LogP contribution < -0.4 is 22.5 Å². The van der Waals surface area contributed by atoms with Crippen LogP contribution in [0.2, 0.25) is 0 Å². The van der Waals surface area contributed by atoms with Crippen LogP contribution in [0.25, 0.3) is 0 Å². The molecule has 2 aromatic rings. The molecule has 1 fully saturated rings. The Labute approximate surface area is 272 Å². The molecule has 0 aromatic heterocycles. The second-order valence-electron chi connectivity index (χ2n) is 12.5. The maximum absolute atomic E-state index is 13.9. The number of ether oxygens (including phenoxy) is 1. The van der Waals surface area contributed by atoms with Gasteiger partial charge in [-0.05, 0) is 42.7 Å². The number of carbonyl (C=O) groups excluding carboxylic acids is 4. The van der Waals surface area contributed by atoms with Gasteiger partial charge < -0.3 is 32.2 Å². The second-order valence-corrected chi connectivity index (χ2v) is 12.5. The van der Waals surface area contributed by atoms with Crippen LogP contribution >= 0.6 is 0 Å². The minimum absolute atomic E-state index is 0.0446. The number of ketones is 2. The summed E-state index contributed by atoms with van der Waals surface area (Å²) in [5, 5.41) is 2.95. The Hall–Kier alpha value is -4.09. The van der Waals surface area contributed by atoms with Crippen molar-refractivity contribution in [1.29, 1.82) is 0 Å². The van der Waals surface area contributed by atoms with Crippen LogP contribution in [0.5, 0.6) is 0 Å². The van der Waals surface area contributed by atoms with Gasteiger partial charge in [0.05, 0.1) is 31.2 Å². The Balaban J connectivity index is 1.78. The molecule has 0 bridgehead atoms. The molecule has 2 aromatic carbocycles. The third-order valence-electron chi connectivity index (χ3n) is 8.09. The highest BCUT2D eigenvalue weighted by Gasteiger charge is 2.33. The van der Waals surface area contributed by atoms with E-state index in [1.54, 1.807) is 4.90 Å². The normalized spacial score (nSPS) is 16.0. The van der Waals surface area contributed by atoms with Gasteiger partial charge in [0.1, 0.15) is 0 Å². The molecule has 1 heterocycles. The van der Waals surface area contributed by atoms with Gasteiger partial charge in [-0.2, -0.15) is 0 Å². The first-order chi connectivity index (χ1) is 22.0. The lowest BCUT2D eigenvalue weighted by molar-refractivity contribution is -0.138. The number of nitrogens with one attached hydrogen (secondary N) is 1. The summed E-state index contributed by atoms with van der Waals surface area (Å²) in [7, 11) is 0. The van der Waals surface area contributed by atoms with E-state index in [1.165, 1.54) is 0 Å². The Morgan fingerprint density at radius 1 is 0.848 bits per heavy atom. The van der Waals surface area contributed by atoms with E-state index in [1.807, 2.05) is 74.5 Å². The minimum atomic E-state index is -0.860. The molecular formula is C35H50N6O5. The Morgan fingerprint density at radius 3 is 2.07 bits per heavy atom. The molecule has 4 atom stereocenters. The zero-order valence-corrected chi connectivity index (χ0v) is 27.1. The SMILES string of the molecule is CC(C)C[C@@H](NC(=O)[C@H](CC(=O)[C@H](N)Cc1ccccc1)Cc1ccccc1)C(=O)C[C@H](CN=C(N)N)C(=O)N1CCCOCC1. The van der Waals surface area contributed by atoms with Crippen LogP contribution in [0.1, 0.15) is 50.7 Å². The van der Waals surface area contributed by atoms with Crippen LogP contribution in [0.15, 0.2) is 65.7 Å². The summed E-state index contributed by atoms with van der Waals surface area (Å²) >= 11 is 0. The summed E-state index contributed by atoms with van der Waals surface area (Å²) in [6.07, 6.45) is 1.51. The number of hydrogen-bond donors (Lipinski definition) is 4. The van der Waals surface area contributed by atoms with Gasteiger partial charge in [-0.3, -0.25) is 24.2 Å². The number of nitrogens with zero attached hydrogens (tertiary/aromatic N) is 2. The lowest BCUT2D eigenvalue weighted by Gasteiger charge is -2.27. The maximum atomic E-state index is 13.9. The lowest BCUT2D eigenvalue weighted by atomic mass is 9.88. The molecule has 250 valence electrons. The molecule has 3 rings (SSSR count). The average molecular weight is 635 g/mol. The van der Waals surface area contributed by atoms with Crippen LogP contribution in [0.3, 0.4) is 0 Å². The molecule has 11 nitrogen and oxygen atoms in total. The van der Waals surface area contributed by atoms with Gasteiger partial charge in [0.25, 0.3) is 0 Å². The first-order valence-corrected chi connectivity index (χ1v) is 16.1. The van der Waals surface area contributed by atoms with E-state index >= 15 is 0 Å². The monoisotopic (exact) mass is 634 g/mol. The van der Waals surface area contributed by atoms with Crippen molar-refractivity contribution in [3.05, 3.63) is 71.8 Å². The zero-order chi connectivity index (χ0) is 33.5. The highest BCUT2D eigenvalue weighted by Crippen LogP contribution is 2.19. The number of nitrogens with two attached hydrogens (primary N) is 3. The number of Topliss-reactive ketones (excluding diaryl/α,β-unsaturated/α-hetero) is 2. The molecule has 11 heteroatoms. The van der Waals surface area contributed by atoms with E-state index in [0.717, 1.165) is 11.1 Å². The summed E-state index contributed by atoms with van der Waals surface area (Å²) < 4.78 is 5.49. The molecule has 7 N–H and O–H groups in total. The number of rotatable bonds is 17. The van der Waals surface area contributed by atoms with Crippen LogP contribution in [0.4, 0.5) is 0 Å². The van der Waals surface area contributed by atoms with Crippen LogP contribution in [0, 0.1) is 17.8 Å². The van der Waals surface area contributed by atoms with Gasteiger partial charge >= 0.3 is 0 Å². The second kappa shape index (κ2) is 18.8. The first kappa shape index (κ1) is 36.4. The van der Waals surface area contributed by atoms with Crippen LogP contribution in [-0.4, -0.2) is 79.2 Å². The smallest absolute Gasteiger partial charge is 0.228 e. The van der Waals surface area contributed by atoms with Gasteiger partial charge in [-0.15, -0.1) is 0 Å². The Kier molecular flexibility index (Phi) is 14.8. The van der Waals surface area contributed by atoms with Gasteiger partial charge in [0.15, 0.2) is 17.5 Å². The summed E-state index contributed by atoms with van der Waals surface area (Å²) in [4.78, 5) is 60.3. The number of benzene rings is 2. The van der Waals surface area contributed by atoms with Crippen molar-refractivity contribution in [2.75, 3.05) is 32.8 Å². The number of hydrogen-bond acceptors (Lipinski definition) is 7. The molecule has 1 aliphatic rings. The quantitative estimate of drug-likeness (QED) is 0.150. The molecule has 1 saturated heterocycles. The Morgan fingerprint density at radius 2 is 1.46 bits per heavy atom. The van der Waals surface area contributed by atoms with E-state index in [-0.39, 0.29) is 48.7 Å². The highest BCUT2D eigenvalue weighted by atomic mass is 16.5. The molecular weight excluding hydrogens is 584 g/mol. The number of guanidine groups is 1. The summed E-state index contributed by atoms with van der Waals surface area (Å²) in [5.41, 5.74) is 19.3. The van der Waals surface area contributed by atoms with Gasteiger partial charge in [-0.25, -0.2) is 0 Å². The average Bonchev–Trinajstić information content (AvgIpc) is 3.32. The third kappa shape index (κ3) is 12.4. The van der Waals surface area contributed by atoms with E-state index in [4.69, 9.17) is 21.9 Å². The molecule has 0 spiro atoms. The maximum Gasteiger partial charge on any atom is 0.228 e. The molecule has 0 unspecified atom stereocenters. The minimum Gasteiger partial charge on any atom is -0.380 e. The summed E-state index contributed by atoms with van der Waals surface area (Å²) in [6, 6.07) is 17.3. The van der Waals surface area contributed by atoms with E-state index in [9.17, 15) is 19.2 Å².